The fourth-order valence-electron chi connectivity index (χ4n) is 1.94. The highest BCUT2D eigenvalue weighted by Crippen LogP contribution is 2.35. The predicted molar refractivity (Wildman–Crippen MR) is 82.8 cm³/mol. The van der Waals surface area contributed by atoms with E-state index in [1.807, 2.05) is 0 Å². The van der Waals surface area contributed by atoms with E-state index in [-0.39, 0.29) is 12.7 Å². The molecule has 0 spiro atoms. The smallest absolute Gasteiger partial charge is 0.260 e. The highest BCUT2D eigenvalue weighted by molar-refractivity contribution is 7.99. The van der Waals surface area contributed by atoms with E-state index < -0.39 is 6.10 Å². The Kier molecular flexibility index (Phi) is 4.86. The van der Waals surface area contributed by atoms with Crippen molar-refractivity contribution >= 4 is 17.7 Å². The molecule has 1 aromatic carbocycles. The number of hydrogen-bond acceptors (Lipinski definition) is 7. The van der Waals surface area contributed by atoms with Gasteiger partial charge in [-0.05, 0) is 19.1 Å². The molecular weight excluding hydrogens is 320 g/mol. The average Bonchev–Trinajstić information content (AvgIpc) is 3.22. The first-order valence-electron chi connectivity index (χ1n) is 7.05. The third-order valence-corrected chi connectivity index (χ3v) is 3.97. The van der Waals surface area contributed by atoms with Gasteiger partial charge in [0, 0.05) is 18.4 Å². The lowest BCUT2D eigenvalue weighted by molar-refractivity contribution is -0.127. The van der Waals surface area contributed by atoms with Crippen LogP contribution in [0.15, 0.2) is 29.4 Å². The number of nitrogens with one attached hydrogen (secondary N) is 2. The van der Waals surface area contributed by atoms with E-state index in [1.165, 1.54) is 11.8 Å². The number of carbonyl (C=O) groups excluding carboxylic acids is 1. The second-order valence-corrected chi connectivity index (χ2v) is 5.84. The third kappa shape index (κ3) is 4.07. The van der Waals surface area contributed by atoms with Crippen molar-refractivity contribution in [2.75, 3.05) is 19.1 Å². The van der Waals surface area contributed by atoms with Gasteiger partial charge < -0.3 is 19.5 Å². The lowest BCUT2D eigenvalue weighted by Gasteiger charge is -2.14. The van der Waals surface area contributed by atoms with Gasteiger partial charge in [-0.2, -0.15) is 10.3 Å². The largest absolute Gasteiger partial charge is 0.481 e. The first-order chi connectivity index (χ1) is 11.2. The Morgan fingerprint density at radius 1 is 1.48 bits per heavy atom. The zero-order valence-electron chi connectivity index (χ0n) is 12.4. The number of hydrogen-bond donors (Lipinski definition) is 2. The summed E-state index contributed by atoms with van der Waals surface area (Å²) in [6, 6.07) is 5.22. The third-order valence-electron chi connectivity index (χ3n) is 3.07. The minimum Gasteiger partial charge on any atom is -0.481 e. The molecule has 9 heteroatoms. The molecule has 2 heterocycles. The molecule has 1 atom stereocenters. The Bertz CT molecular complexity index is 665. The van der Waals surface area contributed by atoms with E-state index >= 15 is 0 Å². The van der Waals surface area contributed by atoms with Crippen LogP contribution in [0.2, 0.25) is 0 Å². The quantitative estimate of drug-likeness (QED) is 0.579. The molecule has 0 aliphatic carbocycles. The summed E-state index contributed by atoms with van der Waals surface area (Å²) >= 11 is 1.51. The molecule has 3 rings (SSSR count). The zero-order chi connectivity index (χ0) is 16.1. The van der Waals surface area contributed by atoms with Crippen LogP contribution >= 0.6 is 11.8 Å². The maximum atomic E-state index is 12.0. The summed E-state index contributed by atoms with van der Waals surface area (Å²) in [6.07, 6.45) is 1.03. The van der Waals surface area contributed by atoms with Gasteiger partial charge in [0.2, 0.25) is 6.79 Å². The molecule has 2 N–H and O–H groups in total. The number of benzene rings is 1. The summed E-state index contributed by atoms with van der Waals surface area (Å²) in [5.74, 6) is 2.39. The van der Waals surface area contributed by atoms with Gasteiger partial charge in [-0.1, -0.05) is 0 Å². The molecule has 1 aromatic heterocycles. The van der Waals surface area contributed by atoms with Crippen LogP contribution in [0.4, 0.5) is 0 Å². The van der Waals surface area contributed by atoms with Crippen molar-refractivity contribution in [3.8, 4) is 17.2 Å². The van der Waals surface area contributed by atoms with E-state index in [1.54, 1.807) is 31.3 Å². The molecular formula is C14H16N4O4S. The van der Waals surface area contributed by atoms with Gasteiger partial charge in [0.05, 0.1) is 6.20 Å². The molecule has 1 aliphatic heterocycles. The van der Waals surface area contributed by atoms with Gasteiger partial charge in [0.1, 0.15) is 10.8 Å². The van der Waals surface area contributed by atoms with E-state index in [4.69, 9.17) is 14.2 Å². The van der Waals surface area contributed by atoms with Crippen LogP contribution in [-0.2, 0) is 4.79 Å². The molecule has 8 nitrogen and oxygen atoms in total. The zero-order valence-corrected chi connectivity index (χ0v) is 13.3. The fourth-order valence-corrected chi connectivity index (χ4v) is 2.59. The van der Waals surface area contributed by atoms with Crippen LogP contribution in [0.25, 0.3) is 0 Å². The Hall–Kier alpha value is -2.42. The van der Waals surface area contributed by atoms with Crippen LogP contribution < -0.4 is 19.5 Å². The van der Waals surface area contributed by atoms with Crippen molar-refractivity contribution in [1.82, 2.24) is 20.7 Å². The molecule has 0 saturated carbocycles. The Balaban J connectivity index is 1.42. The van der Waals surface area contributed by atoms with Gasteiger partial charge in [-0.15, -0.1) is 16.9 Å². The molecule has 1 amide bonds. The first kappa shape index (κ1) is 15.5. The molecule has 0 bridgehead atoms. The number of carbonyl (C=O) groups is 1. The second kappa shape index (κ2) is 7.23. The standard InChI is InChI=1S/C14H16N4O4S/c1-9(14(19)15-4-5-23-13-7-16-18-17-13)22-10-2-3-11-12(6-10)21-8-20-11/h2-3,6-7,9H,4-5,8H2,1H3,(H,15,19)(H,16,17,18)/t9-/m1/s1. The van der Waals surface area contributed by atoms with Crippen molar-refractivity contribution in [2.45, 2.75) is 18.1 Å². The van der Waals surface area contributed by atoms with Crippen molar-refractivity contribution in [2.24, 2.45) is 0 Å². The Morgan fingerprint density at radius 3 is 3.17 bits per heavy atom. The van der Waals surface area contributed by atoms with Crippen LogP contribution in [0.5, 0.6) is 17.2 Å². The summed E-state index contributed by atoms with van der Waals surface area (Å²) in [7, 11) is 0. The number of fused-ring (bicyclic) bond motifs is 1. The number of nitrogens with zero attached hydrogens (tertiary/aromatic N) is 2. The maximum absolute atomic E-state index is 12.0. The SMILES string of the molecule is C[C@@H](Oc1ccc2c(c1)OCO2)C(=O)NCCSc1cn[nH]n1. The van der Waals surface area contributed by atoms with Crippen molar-refractivity contribution in [1.29, 1.82) is 0 Å². The summed E-state index contributed by atoms with van der Waals surface area (Å²) in [4.78, 5) is 12.0. The van der Waals surface area contributed by atoms with E-state index in [9.17, 15) is 4.79 Å². The number of ether oxygens (including phenoxy) is 3. The number of H-pyrrole nitrogens is 1. The summed E-state index contributed by atoms with van der Waals surface area (Å²) in [5.41, 5.74) is 0. The van der Waals surface area contributed by atoms with Crippen LogP contribution in [-0.4, -0.2) is 46.5 Å². The van der Waals surface area contributed by atoms with E-state index in [0.717, 1.165) is 5.03 Å². The van der Waals surface area contributed by atoms with Gasteiger partial charge in [-0.25, -0.2) is 0 Å². The number of aromatic nitrogens is 3. The van der Waals surface area contributed by atoms with Gasteiger partial charge >= 0.3 is 0 Å². The average molecular weight is 336 g/mol. The molecule has 1 aliphatic rings. The normalized spacial score (nSPS) is 13.6. The molecule has 0 radical (unpaired) electrons. The molecule has 0 saturated heterocycles. The van der Waals surface area contributed by atoms with Crippen molar-refractivity contribution in [3.63, 3.8) is 0 Å². The summed E-state index contributed by atoms with van der Waals surface area (Å²) in [6.45, 7) is 2.42. The fraction of sp³-hybridized carbons (Fsp3) is 0.357. The van der Waals surface area contributed by atoms with Crippen LogP contribution in [0.1, 0.15) is 6.92 Å². The minimum absolute atomic E-state index is 0.177. The summed E-state index contributed by atoms with van der Waals surface area (Å²) < 4.78 is 16.1. The topological polar surface area (TPSA) is 98.4 Å². The summed E-state index contributed by atoms with van der Waals surface area (Å²) in [5, 5.41) is 13.8. The van der Waals surface area contributed by atoms with Crippen molar-refractivity contribution in [3.05, 3.63) is 24.4 Å². The maximum Gasteiger partial charge on any atom is 0.260 e. The number of aromatic amines is 1. The number of thioether (sulfide) groups is 1. The van der Waals surface area contributed by atoms with Crippen LogP contribution in [0, 0.1) is 0 Å². The number of amides is 1. The van der Waals surface area contributed by atoms with Gasteiger partial charge in [-0.3, -0.25) is 4.79 Å². The lowest BCUT2D eigenvalue weighted by atomic mass is 10.3. The molecule has 122 valence electrons. The first-order valence-corrected chi connectivity index (χ1v) is 8.03. The van der Waals surface area contributed by atoms with Gasteiger partial charge in [0.15, 0.2) is 17.6 Å². The lowest BCUT2D eigenvalue weighted by Crippen LogP contribution is -2.37. The van der Waals surface area contributed by atoms with Crippen LogP contribution in [0.3, 0.4) is 0 Å². The molecule has 23 heavy (non-hydrogen) atoms. The van der Waals surface area contributed by atoms with Gasteiger partial charge in [0.25, 0.3) is 5.91 Å². The second-order valence-electron chi connectivity index (χ2n) is 4.72. The molecule has 0 fully saturated rings. The molecule has 0 unspecified atom stereocenters. The molecule has 2 aromatic rings. The monoisotopic (exact) mass is 336 g/mol. The highest BCUT2D eigenvalue weighted by Gasteiger charge is 2.17. The van der Waals surface area contributed by atoms with E-state index in [2.05, 4.69) is 20.7 Å². The van der Waals surface area contributed by atoms with Crippen molar-refractivity contribution < 1.29 is 19.0 Å². The Morgan fingerprint density at radius 2 is 2.35 bits per heavy atom. The minimum atomic E-state index is -0.604. The number of rotatable bonds is 7. The predicted octanol–water partition coefficient (Wildman–Crippen LogP) is 1.21. The highest BCUT2D eigenvalue weighted by atomic mass is 32.2. The van der Waals surface area contributed by atoms with E-state index in [0.29, 0.717) is 29.5 Å². The Labute approximate surface area is 136 Å².